The minimum absolute atomic E-state index is 0.0160. The third-order valence-electron chi connectivity index (χ3n) is 8.32. The number of pyridine rings is 1. The number of anilines is 1. The summed E-state index contributed by atoms with van der Waals surface area (Å²) in [5, 5.41) is 1.18. The van der Waals surface area contributed by atoms with Crippen LogP contribution in [-0.2, 0) is 9.59 Å². The fourth-order valence-corrected chi connectivity index (χ4v) is 6.29. The van der Waals surface area contributed by atoms with Crippen LogP contribution in [0.3, 0.4) is 0 Å². The standard InChI is InChI=1S/C28H38N4O2/c1-22-21-31(25-12-11-23-9-3-4-10-24(23)29-25)18-17-30(22)15-7-8-16-32-26(33)19-28(20-27(32)34)13-5-2-6-14-28/h3-4,9-12,22H,2,5-8,13-21H2,1H3. The van der Waals surface area contributed by atoms with Crippen LogP contribution < -0.4 is 4.90 Å². The number of carbonyl (C=O) groups excluding carboxylic acids is 2. The second kappa shape index (κ2) is 10.0. The van der Waals surface area contributed by atoms with E-state index < -0.39 is 0 Å². The van der Waals surface area contributed by atoms with Crippen molar-refractivity contribution >= 4 is 28.5 Å². The van der Waals surface area contributed by atoms with E-state index in [0.717, 1.165) is 63.2 Å². The average Bonchev–Trinajstić information content (AvgIpc) is 2.84. The Balaban J connectivity index is 1.07. The van der Waals surface area contributed by atoms with E-state index in [4.69, 9.17) is 4.98 Å². The molecule has 1 atom stereocenters. The van der Waals surface area contributed by atoms with Gasteiger partial charge in [-0.3, -0.25) is 19.4 Å². The monoisotopic (exact) mass is 462 g/mol. The van der Waals surface area contributed by atoms with Crippen molar-refractivity contribution in [3.8, 4) is 0 Å². The van der Waals surface area contributed by atoms with Crippen LogP contribution in [0, 0.1) is 5.41 Å². The summed E-state index contributed by atoms with van der Waals surface area (Å²) < 4.78 is 0. The van der Waals surface area contributed by atoms with Crippen molar-refractivity contribution in [2.75, 3.05) is 37.6 Å². The number of amides is 2. The minimum Gasteiger partial charge on any atom is -0.354 e. The summed E-state index contributed by atoms with van der Waals surface area (Å²) >= 11 is 0. The van der Waals surface area contributed by atoms with Crippen LogP contribution in [-0.4, -0.2) is 65.4 Å². The van der Waals surface area contributed by atoms with Crippen LogP contribution in [0.1, 0.15) is 64.7 Å². The largest absolute Gasteiger partial charge is 0.354 e. The maximum Gasteiger partial charge on any atom is 0.229 e. The quantitative estimate of drug-likeness (QED) is 0.463. The number of benzene rings is 1. The van der Waals surface area contributed by atoms with Crippen LogP contribution >= 0.6 is 0 Å². The predicted molar refractivity (Wildman–Crippen MR) is 136 cm³/mol. The van der Waals surface area contributed by atoms with E-state index in [1.807, 2.05) is 6.07 Å². The second-order valence-corrected chi connectivity index (χ2v) is 10.8. The minimum atomic E-state index is -0.0160. The number of imide groups is 1. The molecule has 6 heteroatoms. The number of unbranched alkanes of at least 4 members (excludes halogenated alkanes) is 1. The first-order valence-electron chi connectivity index (χ1n) is 13.2. The summed E-state index contributed by atoms with van der Waals surface area (Å²) in [5.74, 6) is 1.20. The molecule has 6 nitrogen and oxygen atoms in total. The Labute approximate surface area is 203 Å². The molecule has 2 amide bonds. The normalized spacial score (nSPS) is 23.7. The number of likely N-dealkylation sites (tertiary alicyclic amines) is 1. The van der Waals surface area contributed by atoms with E-state index in [9.17, 15) is 9.59 Å². The van der Waals surface area contributed by atoms with E-state index in [2.05, 4.69) is 47.1 Å². The molecule has 0 radical (unpaired) electrons. The Bertz CT molecular complexity index is 1010. The maximum atomic E-state index is 12.8. The van der Waals surface area contributed by atoms with Gasteiger partial charge in [0.25, 0.3) is 0 Å². The summed E-state index contributed by atoms with van der Waals surface area (Å²) in [6.45, 7) is 6.84. The Kier molecular flexibility index (Phi) is 6.87. The molecule has 2 aromatic rings. The lowest BCUT2D eigenvalue weighted by Crippen LogP contribution is -2.52. The number of para-hydroxylation sites is 1. The molecule has 5 rings (SSSR count). The van der Waals surface area contributed by atoms with Gasteiger partial charge in [-0.25, -0.2) is 4.98 Å². The Morgan fingerprint density at radius 1 is 0.912 bits per heavy atom. The highest BCUT2D eigenvalue weighted by Crippen LogP contribution is 2.45. The van der Waals surface area contributed by atoms with Gasteiger partial charge < -0.3 is 4.90 Å². The van der Waals surface area contributed by atoms with Gasteiger partial charge in [-0.1, -0.05) is 37.5 Å². The van der Waals surface area contributed by atoms with Crippen molar-refractivity contribution in [3.63, 3.8) is 0 Å². The molecule has 34 heavy (non-hydrogen) atoms. The zero-order chi connectivity index (χ0) is 23.5. The summed E-state index contributed by atoms with van der Waals surface area (Å²) in [6.07, 6.45) is 8.77. The number of carbonyl (C=O) groups is 2. The van der Waals surface area contributed by atoms with Crippen molar-refractivity contribution in [1.29, 1.82) is 0 Å². The number of hydrogen-bond donors (Lipinski definition) is 0. The van der Waals surface area contributed by atoms with Gasteiger partial charge in [0.2, 0.25) is 11.8 Å². The highest BCUT2D eigenvalue weighted by molar-refractivity contribution is 5.98. The lowest BCUT2D eigenvalue weighted by atomic mass is 9.67. The number of aromatic nitrogens is 1. The van der Waals surface area contributed by atoms with Gasteiger partial charge in [-0.15, -0.1) is 0 Å². The van der Waals surface area contributed by atoms with E-state index in [0.29, 0.717) is 25.4 Å². The van der Waals surface area contributed by atoms with Crippen molar-refractivity contribution < 1.29 is 9.59 Å². The van der Waals surface area contributed by atoms with E-state index in [1.54, 1.807) is 4.90 Å². The van der Waals surface area contributed by atoms with E-state index in [-0.39, 0.29) is 17.2 Å². The number of piperidine rings is 1. The number of rotatable bonds is 6. The average molecular weight is 463 g/mol. The van der Waals surface area contributed by atoms with Gasteiger partial charge in [0.15, 0.2) is 0 Å². The first-order chi connectivity index (χ1) is 16.5. The highest BCUT2D eigenvalue weighted by atomic mass is 16.2. The van der Waals surface area contributed by atoms with E-state index in [1.165, 1.54) is 24.6 Å². The molecule has 182 valence electrons. The lowest BCUT2D eigenvalue weighted by molar-refractivity contribution is -0.154. The molecule has 1 spiro atoms. The molecular formula is C28H38N4O2. The first kappa shape index (κ1) is 23.3. The van der Waals surface area contributed by atoms with Gasteiger partial charge in [0.05, 0.1) is 5.52 Å². The Morgan fingerprint density at radius 3 is 2.41 bits per heavy atom. The van der Waals surface area contributed by atoms with Gasteiger partial charge in [-0.2, -0.15) is 0 Å². The molecule has 2 aliphatic heterocycles. The van der Waals surface area contributed by atoms with Gasteiger partial charge in [-0.05, 0) is 62.8 Å². The van der Waals surface area contributed by atoms with E-state index >= 15 is 0 Å². The van der Waals surface area contributed by atoms with Crippen LogP contribution in [0.5, 0.6) is 0 Å². The molecule has 3 aliphatic rings. The maximum absolute atomic E-state index is 12.8. The lowest BCUT2D eigenvalue weighted by Gasteiger charge is -2.42. The fourth-order valence-electron chi connectivity index (χ4n) is 6.29. The molecular weight excluding hydrogens is 424 g/mol. The van der Waals surface area contributed by atoms with Gasteiger partial charge in [0.1, 0.15) is 5.82 Å². The van der Waals surface area contributed by atoms with Crippen LogP contribution in [0.2, 0.25) is 0 Å². The molecule has 0 N–H and O–H groups in total. The van der Waals surface area contributed by atoms with Crippen molar-refractivity contribution in [1.82, 2.24) is 14.8 Å². The molecule has 1 saturated carbocycles. The highest BCUT2D eigenvalue weighted by Gasteiger charge is 2.43. The fraction of sp³-hybridized carbons (Fsp3) is 0.607. The van der Waals surface area contributed by atoms with Gasteiger partial charge >= 0.3 is 0 Å². The van der Waals surface area contributed by atoms with Crippen molar-refractivity contribution in [2.45, 2.75) is 70.8 Å². The van der Waals surface area contributed by atoms with Crippen LogP contribution in [0.25, 0.3) is 10.9 Å². The molecule has 3 heterocycles. The topological polar surface area (TPSA) is 56.8 Å². The number of piperazine rings is 1. The number of fused-ring (bicyclic) bond motifs is 1. The van der Waals surface area contributed by atoms with Crippen molar-refractivity contribution in [2.24, 2.45) is 5.41 Å². The molecule has 1 aromatic heterocycles. The number of hydrogen-bond acceptors (Lipinski definition) is 5. The van der Waals surface area contributed by atoms with Crippen LogP contribution in [0.4, 0.5) is 5.82 Å². The zero-order valence-electron chi connectivity index (χ0n) is 20.5. The molecule has 0 bridgehead atoms. The molecule has 3 fully saturated rings. The smallest absolute Gasteiger partial charge is 0.229 e. The Morgan fingerprint density at radius 2 is 1.65 bits per heavy atom. The summed E-state index contributed by atoms with van der Waals surface area (Å²) in [4.78, 5) is 36.9. The summed E-state index contributed by atoms with van der Waals surface area (Å²) in [7, 11) is 0. The molecule has 1 aliphatic carbocycles. The third kappa shape index (κ3) is 4.97. The van der Waals surface area contributed by atoms with Crippen molar-refractivity contribution in [3.05, 3.63) is 36.4 Å². The molecule has 1 aromatic carbocycles. The summed E-state index contributed by atoms with van der Waals surface area (Å²) in [5.41, 5.74) is 1.03. The predicted octanol–water partition coefficient (Wildman–Crippen LogP) is 4.63. The third-order valence-corrected chi connectivity index (χ3v) is 8.32. The SMILES string of the molecule is CC1CN(c2ccc3ccccc3n2)CCN1CCCCN1C(=O)CC2(CCCCC2)CC1=O. The van der Waals surface area contributed by atoms with Crippen LogP contribution in [0.15, 0.2) is 36.4 Å². The molecule has 1 unspecified atom stereocenters. The first-order valence-corrected chi connectivity index (χ1v) is 13.2. The summed E-state index contributed by atoms with van der Waals surface area (Å²) in [6, 6.07) is 13.0. The zero-order valence-corrected chi connectivity index (χ0v) is 20.5. The Hall–Kier alpha value is -2.47. The van der Waals surface area contributed by atoms with Gasteiger partial charge in [0, 0.05) is 50.4 Å². The number of nitrogens with zero attached hydrogens (tertiary/aromatic N) is 4. The second-order valence-electron chi connectivity index (χ2n) is 10.8. The molecule has 2 saturated heterocycles.